The van der Waals surface area contributed by atoms with E-state index in [1.165, 1.54) is 0 Å². The molecule has 170 valence electrons. The van der Waals surface area contributed by atoms with Crippen molar-refractivity contribution in [3.8, 4) is 11.1 Å². The summed E-state index contributed by atoms with van der Waals surface area (Å²) >= 11 is 0. The van der Waals surface area contributed by atoms with Crippen LogP contribution in [0.1, 0.15) is 66.8 Å². The topological polar surface area (TPSA) is 94.2 Å². The molecule has 0 spiro atoms. The molecule has 1 aliphatic carbocycles. The average molecular weight is 444 g/mol. The monoisotopic (exact) mass is 443 g/mol. The fourth-order valence-electron chi connectivity index (χ4n) is 5.41. The Morgan fingerprint density at radius 2 is 1.79 bits per heavy atom. The third-order valence-electron chi connectivity index (χ3n) is 6.97. The van der Waals surface area contributed by atoms with E-state index in [1.807, 2.05) is 34.9 Å². The Hall–Kier alpha value is -3.41. The van der Waals surface area contributed by atoms with Gasteiger partial charge in [-0.1, -0.05) is 38.1 Å². The molecule has 0 saturated heterocycles. The summed E-state index contributed by atoms with van der Waals surface area (Å²) in [6.07, 6.45) is 3.89. The molecule has 6 heteroatoms. The number of para-hydroxylation sites is 1. The van der Waals surface area contributed by atoms with Crippen LogP contribution in [0.25, 0.3) is 22.0 Å². The van der Waals surface area contributed by atoms with Crippen LogP contribution in [0.5, 0.6) is 0 Å². The number of nitrogens with two attached hydrogens (primary N) is 1. The van der Waals surface area contributed by atoms with Crippen molar-refractivity contribution < 1.29 is 14.4 Å². The van der Waals surface area contributed by atoms with Crippen molar-refractivity contribution in [2.75, 3.05) is 5.32 Å². The summed E-state index contributed by atoms with van der Waals surface area (Å²) in [7, 11) is 0. The van der Waals surface area contributed by atoms with Gasteiger partial charge in [-0.15, -0.1) is 0 Å². The Morgan fingerprint density at radius 3 is 2.52 bits per heavy atom. The highest BCUT2D eigenvalue weighted by Gasteiger charge is 2.35. The summed E-state index contributed by atoms with van der Waals surface area (Å²) in [6.45, 7) is 4.26. The first kappa shape index (κ1) is 21.4. The Bertz CT molecular complexity index is 1290. The minimum atomic E-state index is -0.490. The maximum Gasteiger partial charge on any atom is 0.250 e. The van der Waals surface area contributed by atoms with E-state index in [1.54, 1.807) is 6.07 Å². The number of anilines is 1. The van der Waals surface area contributed by atoms with Crippen LogP contribution in [-0.4, -0.2) is 28.2 Å². The van der Waals surface area contributed by atoms with Crippen molar-refractivity contribution >= 4 is 34.2 Å². The number of nitrogens with one attached hydrogen (secondary N) is 1. The Kier molecular flexibility index (Phi) is 5.11. The van der Waals surface area contributed by atoms with Gasteiger partial charge in [0.05, 0.1) is 11.1 Å². The van der Waals surface area contributed by atoms with Gasteiger partial charge in [-0.3, -0.25) is 19.0 Å². The molecule has 1 aromatic heterocycles. The number of primary amides is 1. The van der Waals surface area contributed by atoms with Crippen molar-refractivity contribution in [3.05, 3.63) is 53.7 Å². The lowest BCUT2D eigenvalue weighted by Crippen LogP contribution is -2.31. The first-order chi connectivity index (χ1) is 15.7. The maximum atomic E-state index is 13.1. The summed E-state index contributed by atoms with van der Waals surface area (Å²) < 4.78 is 1.87. The number of amides is 1. The Labute approximate surface area is 193 Å². The summed E-state index contributed by atoms with van der Waals surface area (Å²) in [5.74, 6) is -0.0881. The first-order valence-electron chi connectivity index (χ1n) is 11.6. The summed E-state index contributed by atoms with van der Waals surface area (Å²) in [5.41, 5.74) is 10.6. The van der Waals surface area contributed by atoms with Gasteiger partial charge in [0.2, 0.25) is 5.91 Å². The van der Waals surface area contributed by atoms with Gasteiger partial charge in [-0.05, 0) is 48.4 Å². The Morgan fingerprint density at radius 1 is 1.06 bits per heavy atom. The lowest BCUT2D eigenvalue weighted by atomic mass is 9.80. The highest BCUT2D eigenvalue weighted by molar-refractivity contribution is 6.06. The van der Waals surface area contributed by atoms with Gasteiger partial charge >= 0.3 is 0 Å². The molecule has 0 radical (unpaired) electrons. The van der Waals surface area contributed by atoms with E-state index in [0.29, 0.717) is 30.5 Å². The van der Waals surface area contributed by atoms with Gasteiger partial charge in [0.1, 0.15) is 5.78 Å². The zero-order valence-corrected chi connectivity index (χ0v) is 19.1. The molecule has 33 heavy (non-hydrogen) atoms. The normalized spacial score (nSPS) is 18.4. The third-order valence-corrected chi connectivity index (χ3v) is 6.97. The number of ketones is 1. The number of carbonyl (C=O) groups excluding carboxylic acids is 3. The molecule has 1 saturated carbocycles. The number of carbonyl (C=O) groups is 3. The van der Waals surface area contributed by atoms with E-state index in [-0.39, 0.29) is 23.1 Å². The van der Waals surface area contributed by atoms with Crippen molar-refractivity contribution in [3.63, 3.8) is 0 Å². The molecule has 2 aliphatic rings. The lowest BCUT2D eigenvalue weighted by molar-refractivity contribution is -0.120. The van der Waals surface area contributed by atoms with Crippen LogP contribution in [0.3, 0.4) is 0 Å². The van der Waals surface area contributed by atoms with Crippen molar-refractivity contribution in [2.24, 2.45) is 11.1 Å². The number of rotatable bonds is 4. The van der Waals surface area contributed by atoms with E-state index in [0.717, 1.165) is 47.0 Å². The minimum Gasteiger partial charge on any atom is -0.382 e. The van der Waals surface area contributed by atoms with E-state index < -0.39 is 5.91 Å². The standard InChI is InChI=1S/C27H29N3O3/c1-27(2)14-23-25(20-5-3-4-6-22(20)30(23)24(32)15-27)16-7-12-19(26(28)33)21(13-16)29-17-8-10-18(31)11-9-17/h3-7,12-13,17,29H,8-11,14-15H2,1-2H3,(H2,28,33). The van der Waals surface area contributed by atoms with Gasteiger partial charge in [0, 0.05) is 47.6 Å². The molecule has 3 aromatic rings. The van der Waals surface area contributed by atoms with Gasteiger partial charge in [0.15, 0.2) is 0 Å². The molecule has 1 amide bonds. The van der Waals surface area contributed by atoms with Crippen molar-refractivity contribution in [1.82, 2.24) is 4.57 Å². The zero-order valence-electron chi connectivity index (χ0n) is 19.1. The van der Waals surface area contributed by atoms with Crippen LogP contribution in [0.4, 0.5) is 5.69 Å². The van der Waals surface area contributed by atoms with E-state index >= 15 is 0 Å². The van der Waals surface area contributed by atoms with Crippen LogP contribution < -0.4 is 11.1 Å². The van der Waals surface area contributed by atoms with Gasteiger partial charge < -0.3 is 11.1 Å². The molecule has 0 unspecified atom stereocenters. The van der Waals surface area contributed by atoms with Gasteiger partial charge in [-0.2, -0.15) is 0 Å². The second-order valence-corrected chi connectivity index (χ2v) is 10.2. The molecule has 2 aromatic carbocycles. The second kappa shape index (κ2) is 7.87. The second-order valence-electron chi connectivity index (χ2n) is 10.2. The van der Waals surface area contributed by atoms with Crippen LogP contribution in [0.15, 0.2) is 42.5 Å². The highest BCUT2D eigenvalue weighted by Crippen LogP contribution is 2.43. The van der Waals surface area contributed by atoms with E-state index in [4.69, 9.17) is 5.73 Å². The number of nitrogens with zero attached hydrogens (tertiary/aromatic N) is 1. The first-order valence-corrected chi connectivity index (χ1v) is 11.6. The molecular weight excluding hydrogens is 414 g/mol. The fraction of sp³-hybridized carbons (Fsp3) is 0.370. The van der Waals surface area contributed by atoms with Crippen LogP contribution in [0.2, 0.25) is 0 Å². The summed E-state index contributed by atoms with van der Waals surface area (Å²) in [4.78, 5) is 36.9. The highest BCUT2D eigenvalue weighted by atomic mass is 16.2. The number of fused-ring (bicyclic) bond motifs is 3. The molecule has 5 rings (SSSR count). The number of hydrogen-bond acceptors (Lipinski definition) is 4. The predicted molar refractivity (Wildman–Crippen MR) is 130 cm³/mol. The summed E-state index contributed by atoms with van der Waals surface area (Å²) in [6, 6.07) is 13.8. The fourth-order valence-corrected chi connectivity index (χ4v) is 5.41. The van der Waals surface area contributed by atoms with E-state index in [9.17, 15) is 14.4 Å². The van der Waals surface area contributed by atoms with Crippen molar-refractivity contribution in [2.45, 2.75) is 58.4 Å². The molecule has 3 N–H and O–H groups in total. The Balaban J connectivity index is 1.66. The van der Waals surface area contributed by atoms with Crippen LogP contribution in [-0.2, 0) is 11.2 Å². The SMILES string of the molecule is CC1(C)CC(=O)n2c(c(-c3ccc(C(N)=O)c(NC4CCC(=O)CC4)c3)c3ccccc32)C1. The lowest BCUT2D eigenvalue weighted by Gasteiger charge is -2.30. The molecule has 1 aliphatic heterocycles. The molecular formula is C27H29N3O3. The molecule has 2 heterocycles. The molecule has 0 atom stereocenters. The average Bonchev–Trinajstić information content (AvgIpc) is 3.08. The quantitative estimate of drug-likeness (QED) is 0.597. The van der Waals surface area contributed by atoms with Gasteiger partial charge in [-0.25, -0.2) is 0 Å². The number of benzene rings is 2. The number of hydrogen-bond donors (Lipinski definition) is 2. The number of Topliss-reactive ketones (excluding diaryl/α,β-unsaturated/α-hetero) is 1. The maximum absolute atomic E-state index is 13.1. The smallest absolute Gasteiger partial charge is 0.250 e. The zero-order chi connectivity index (χ0) is 23.3. The molecule has 1 fully saturated rings. The molecule has 6 nitrogen and oxygen atoms in total. The summed E-state index contributed by atoms with van der Waals surface area (Å²) in [5, 5.41) is 4.51. The predicted octanol–water partition coefficient (Wildman–Crippen LogP) is 4.94. The number of aromatic nitrogens is 1. The van der Waals surface area contributed by atoms with E-state index in [2.05, 4.69) is 25.2 Å². The molecule has 0 bridgehead atoms. The van der Waals surface area contributed by atoms with Gasteiger partial charge in [0.25, 0.3) is 5.91 Å². The minimum absolute atomic E-state index is 0.114. The van der Waals surface area contributed by atoms with Crippen molar-refractivity contribution in [1.29, 1.82) is 0 Å². The largest absolute Gasteiger partial charge is 0.382 e. The van der Waals surface area contributed by atoms with Crippen LogP contribution in [0, 0.1) is 5.41 Å². The van der Waals surface area contributed by atoms with Crippen LogP contribution >= 0.6 is 0 Å². The third kappa shape index (κ3) is 3.84.